The number of amides is 1. The molecule has 1 aromatic carbocycles. The van der Waals surface area contributed by atoms with Gasteiger partial charge in [0.1, 0.15) is 28.6 Å². The number of hydrogen-bond donors (Lipinski definition) is 3. The van der Waals surface area contributed by atoms with Crippen LogP contribution in [0.2, 0.25) is 0 Å². The van der Waals surface area contributed by atoms with E-state index in [0.717, 1.165) is 6.07 Å². The number of ether oxygens (including phenoxy) is 1. The Bertz CT molecular complexity index is 1450. The summed E-state index contributed by atoms with van der Waals surface area (Å²) >= 11 is 0. The lowest BCUT2D eigenvalue weighted by atomic mass is 10.1. The van der Waals surface area contributed by atoms with E-state index in [2.05, 4.69) is 25.3 Å². The number of aromatic nitrogens is 4. The highest BCUT2D eigenvalue weighted by atomic mass is 19.4. The second-order valence-electron chi connectivity index (χ2n) is 7.94. The summed E-state index contributed by atoms with van der Waals surface area (Å²) in [7, 11) is 1.32. The summed E-state index contributed by atoms with van der Waals surface area (Å²) in [6.45, 7) is 3.32. The Hall–Kier alpha value is -4.26. The van der Waals surface area contributed by atoms with Crippen LogP contribution in [0.25, 0.3) is 22.4 Å². The lowest BCUT2D eigenvalue weighted by Crippen LogP contribution is -2.26. The van der Waals surface area contributed by atoms with Crippen LogP contribution in [0.3, 0.4) is 0 Å². The van der Waals surface area contributed by atoms with Gasteiger partial charge in [-0.15, -0.1) is 0 Å². The highest BCUT2D eigenvalue weighted by Crippen LogP contribution is 2.37. The van der Waals surface area contributed by atoms with Gasteiger partial charge in [-0.2, -0.15) is 13.2 Å². The molecule has 0 bridgehead atoms. The van der Waals surface area contributed by atoms with Crippen molar-refractivity contribution in [3.8, 4) is 17.2 Å². The number of halogens is 3. The monoisotopic (exact) mass is 501 g/mol. The number of methoxy groups -OCH3 is 1. The van der Waals surface area contributed by atoms with E-state index in [1.165, 1.54) is 25.4 Å². The van der Waals surface area contributed by atoms with Crippen LogP contribution in [0, 0.1) is 6.92 Å². The molecule has 3 heterocycles. The molecule has 1 amide bonds. The second kappa shape index (κ2) is 9.41. The minimum Gasteiger partial charge on any atom is -0.494 e. The average molecular weight is 501 g/mol. The van der Waals surface area contributed by atoms with Crippen molar-refractivity contribution in [2.45, 2.75) is 32.6 Å². The predicted molar refractivity (Wildman–Crippen MR) is 124 cm³/mol. The molecule has 0 unspecified atom stereocenters. The van der Waals surface area contributed by atoms with Gasteiger partial charge in [-0.1, -0.05) is 0 Å². The number of alkyl halides is 3. The fraction of sp³-hybridized carbons (Fsp3) is 0.261. The Kier molecular flexibility index (Phi) is 6.50. The number of benzene rings is 1. The van der Waals surface area contributed by atoms with E-state index in [4.69, 9.17) is 20.6 Å². The summed E-state index contributed by atoms with van der Waals surface area (Å²) in [5, 5.41) is 2.97. The standard InChI is InChI=1S/C23H22F3N7O3/c1-10(27)19-18(21(34)30-9-12-8-29-11(2)31-20(12)28)33-22(36-19)14-4-6-15(35-3)17-13(14)5-7-16(32-17)23(24,25)26/h4-8,10H,9,27H2,1-3H3,(H,30,34)(H2,28,29,31)/t10-/m0/s1. The van der Waals surface area contributed by atoms with E-state index in [9.17, 15) is 18.0 Å². The van der Waals surface area contributed by atoms with Gasteiger partial charge in [0.15, 0.2) is 11.5 Å². The Morgan fingerprint density at radius 2 is 1.94 bits per heavy atom. The maximum atomic E-state index is 13.2. The molecule has 1 atom stereocenters. The number of fused-ring (bicyclic) bond motifs is 1. The molecular weight excluding hydrogens is 479 g/mol. The number of oxazole rings is 1. The molecule has 0 aliphatic carbocycles. The number of nitrogens with two attached hydrogens (primary N) is 2. The topological polar surface area (TPSA) is 155 Å². The summed E-state index contributed by atoms with van der Waals surface area (Å²) in [5.74, 6) is 0.347. The minimum absolute atomic E-state index is 0.0140. The SMILES string of the molecule is COc1ccc(-c2nc(C(=O)NCc3cnc(C)nc3N)c([C@H](C)N)o2)c2ccc(C(F)(F)F)nc12. The molecule has 0 radical (unpaired) electrons. The predicted octanol–water partition coefficient (Wildman–Crippen LogP) is 3.55. The van der Waals surface area contributed by atoms with Gasteiger partial charge in [-0.3, -0.25) is 4.79 Å². The number of rotatable bonds is 6. The zero-order valence-corrected chi connectivity index (χ0v) is 19.5. The lowest BCUT2D eigenvalue weighted by molar-refractivity contribution is -0.140. The van der Waals surface area contributed by atoms with Crippen LogP contribution in [0.5, 0.6) is 5.75 Å². The van der Waals surface area contributed by atoms with Crippen molar-refractivity contribution >= 4 is 22.6 Å². The maximum Gasteiger partial charge on any atom is 0.433 e. The number of nitrogens with zero attached hydrogens (tertiary/aromatic N) is 4. The van der Waals surface area contributed by atoms with Crippen molar-refractivity contribution in [3.05, 3.63) is 59.0 Å². The summed E-state index contributed by atoms with van der Waals surface area (Å²) in [6, 6.07) is 4.39. The van der Waals surface area contributed by atoms with E-state index in [1.54, 1.807) is 19.9 Å². The first-order valence-electron chi connectivity index (χ1n) is 10.7. The summed E-state index contributed by atoms with van der Waals surface area (Å²) in [4.78, 5) is 29.1. The highest BCUT2D eigenvalue weighted by molar-refractivity contribution is 5.98. The minimum atomic E-state index is -4.64. The number of aryl methyl sites for hydroxylation is 1. The fourth-order valence-electron chi connectivity index (χ4n) is 3.53. The summed E-state index contributed by atoms with van der Waals surface area (Å²) in [5.41, 5.74) is 11.5. The molecule has 188 valence electrons. The molecule has 5 N–H and O–H groups in total. The van der Waals surface area contributed by atoms with Gasteiger partial charge in [-0.25, -0.2) is 19.9 Å². The third kappa shape index (κ3) is 4.77. The molecule has 0 fully saturated rings. The molecule has 13 heteroatoms. The average Bonchev–Trinajstić information content (AvgIpc) is 3.27. The van der Waals surface area contributed by atoms with Crippen LogP contribution in [-0.2, 0) is 12.7 Å². The molecule has 0 saturated heterocycles. The van der Waals surface area contributed by atoms with E-state index in [0.29, 0.717) is 17.0 Å². The first kappa shape index (κ1) is 24.9. The fourth-order valence-corrected chi connectivity index (χ4v) is 3.53. The second-order valence-corrected chi connectivity index (χ2v) is 7.94. The molecule has 0 aliphatic rings. The quantitative estimate of drug-likeness (QED) is 0.360. The van der Waals surface area contributed by atoms with Gasteiger partial charge in [0.05, 0.1) is 13.2 Å². The normalized spacial score (nSPS) is 12.5. The van der Waals surface area contributed by atoms with Crippen molar-refractivity contribution in [2.24, 2.45) is 5.73 Å². The molecule has 4 aromatic rings. The van der Waals surface area contributed by atoms with Crippen molar-refractivity contribution in [2.75, 3.05) is 12.8 Å². The Morgan fingerprint density at radius 3 is 2.58 bits per heavy atom. The zero-order chi connectivity index (χ0) is 26.2. The van der Waals surface area contributed by atoms with Crippen LogP contribution in [0.15, 0.2) is 34.9 Å². The maximum absolute atomic E-state index is 13.2. The highest BCUT2D eigenvalue weighted by Gasteiger charge is 2.33. The molecule has 0 aliphatic heterocycles. The molecule has 0 spiro atoms. The largest absolute Gasteiger partial charge is 0.494 e. The van der Waals surface area contributed by atoms with Crippen molar-refractivity contribution < 1.29 is 27.1 Å². The van der Waals surface area contributed by atoms with E-state index in [-0.39, 0.29) is 46.4 Å². The van der Waals surface area contributed by atoms with Gasteiger partial charge in [0.25, 0.3) is 5.91 Å². The van der Waals surface area contributed by atoms with Crippen LogP contribution < -0.4 is 21.5 Å². The molecule has 36 heavy (non-hydrogen) atoms. The van der Waals surface area contributed by atoms with Crippen molar-refractivity contribution in [1.29, 1.82) is 0 Å². The molecule has 0 saturated carbocycles. The molecule has 3 aromatic heterocycles. The summed E-state index contributed by atoms with van der Waals surface area (Å²) < 4.78 is 50.7. The van der Waals surface area contributed by atoms with Crippen LogP contribution in [0.1, 0.15) is 46.3 Å². The number of pyridine rings is 1. The van der Waals surface area contributed by atoms with Crippen LogP contribution >= 0.6 is 0 Å². The van der Waals surface area contributed by atoms with Crippen molar-refractivity contribution in [1.82, 2.24) is 25.3 Å². The smallest absolute Gasteiger partial charge is 0.433 e. The molecular formula is C23H22F3N7O3. The number of anilines is 1. The molecule has 4 rings (SSSR count). The Labute approximate surface area is 202 Å². The van der Waals surface area contributed by atoms with Crippen molar-refractivity contribution in [3.63, 3.8) is 0 Å². The molecule has 10 nitrogen and oxygen atoms in total. The third-order valence-corrected chi connectivity index (χ3v) is 5.30. The number of nitrogen functional groups attached to an aromatic ring is 1. The number of carbonyl (C=O) groups excluding carboxylic acids is 1. The van der Waals surface area contributed by atoms with E-state index >= 15 is 0 Å². The van der Waals surface area contributed by atoms with Gasteiger partial charge in [0.2, 0.25) is 5.89 Å². The third-order valence-electron chi connectivity index (χ3n) is 5.30. The van der Waals surface area contributed by atoms with Gasteiger partial charge < -0.3 is 25.9 Å². The first-order chi connectivity index (χ1) is 17.0. The van der Waals surface area contributed by atoms with Gasteiger partial charge >= 0.3 is 6.18 Å². The zero-order valence-electron chi connectivity index (χ0n) is 19.5. The van der Waals surface area contributed by atoms with Gasteiger partial charge in [0, 0.05) is 29.3 Å². The van der Waals surface area contributed by atoms with Crippen LogP contribution in [-0.4, -0.2) is 33.0 Å². The van der Waals surface area contributed by atoms with E-state index < -0.39 is 23.8 Å². The Morgan fingerprint density at radius 1 is 1.19 bits per heavy atom. The number of nitrogens with one attached hydrogen (secondary N) is 1. The summed E-state index contributed by atoms with van der Waals surface area (Å²) in [6.07, 6.45) is -3.14. The van der Waals surface area contributed by atoms with Gasteiger partial charge in [-0.05, 0) is 38.1 Å². The first-order valence-corrected chi connectivity index (χ1v) is 10.7. The number of carbonyl (C=O) groups is 1. The Balaban J connectivity index is 1.73. The lowest BCUT2D eigenvalue weighted by Gasteiger charge is -2.11. The van der Waals surface area contributed by atoms with Crippen LogP contribution in [0.4, 0.5) is 19.0 Å². The van der Waals surface area contributed by atoms with E-state index in [1.807, 2.05) is 0 Å². The number of hydrogen-bond acceptors (Lipinski definition) is 9.